The summed E-state index contributed by atoms with van der Waals surface area (Å²) in [7, 11) is 1.43. The molecular weight excluding hydrogens is 207 g/mol. The Morgan fingerprint density at radius 2 is 2.00 bits per heavy atom. The van der Waals surface area contributed by atoms with E-state index in [0.29, 0.717) is 12.0 Å². The third-order valence-electron chi connectivity index (χ3n) is 2.68. The summed E-state index contributed by atoms with van der Waals surface area (Å²) in [5.41, 5.74) is 0.233. The molecule has 3 heteroatoms. The molecule has 0 aromatic heterocycles. The summed E-state index contributed by atoms with van der Waals surface area (Å²) in [6, 6.07) is 4.97. The highest BCUT2D eigenvalue weighted by atomic mass is 19.1. The van der Waals surface area contributed by atoms with Crippen molar-refractivity contribution in [2.75, 3.05) is 7.11 Å². The number of hydrogen-bond donors (Lipinski definition) is 1. The molecule has 0 aliphatic heterocycles. The molecule has 1 aromatic rings. The monoisotopic (exact) mass is 226 g/mol. The van der Waals surface area contributed by atoms with E-state index in [-0.39, 0.29) is 17.0 Å². The van der Waals surface area contributed by atoms with Crippen molar-refractivity contribution in [2.45, 2.75) is 33.3 Å². The van der Waals surface area contributed by atoms with Crippen molar-refractivity contribution in [2.24, 2.45) is 5.41 Å². The summed E-state index contributed by atoms with van der Waals surface area (Å²) in [6.07, 6.45) is -0.277. The number of aliphatic hydroxyl groups excluding tert-OH is 1. The summed E-state index contributed by atoms with van der Waals surface area (Å²) in [5, 5.41) is 9.92. The molecule has 0 saturated heterocycles. The number of hydrogen-bond acceptors (Lipinski definition) is 2. The SMILES string of the molecule is COc1cccc(CC(O)C(C)(C)C)c1F. The van der Waals surface area contributed by atoms with Gasteiger partial charge in [0, 0.05) is 6.42 Å². The molecule has 1 unspecified atom stereocenters. The Bertz CT molecular complexity index is 355. The van der Waals surface area contributed by atoms with Gasteiger partial charge in [0.2, 0.25) is 0 Å². The first-order chi connectivity index (χ1) is 7.36. The number of halogens is 1. The molecule has 0 heterocycles. The summed E-state index contributed by atoms with van der Waals surface area (Å²) < 4.78 is 18.7. The predicted octanol–water partition coefficient (Wildman–Crippen LogP) is 2.78. The van der Waals surface area contributed by atoms with E-state index in [1.165, 1.54) is 7.11 Å². The highest BCUT2D eigenvalue weighted by Crippen LogP contribution is 2.26. The maximum Gasteiger partial charge on any atom is 0.168 e. The third-order valence-corrected chi connectivity index (χ3v) is 2.68. The molecular formula is C13H19FO2. The van der Waals surface area contributed by atoms with Crippen LogP contribution in [0.5, 0.6) is 5.75 Å². The first kappa shape index (κ1) is 13.0. The van der Waals surface area contributed by atoms with Crippen LogP contribution in [0.4, 0.5) is 4.39 Å². The van der Waals surface area contributed by atoms with Gasteiger partial charge in [-0.15, -0.1) is 0 Å². The Morgan fingerprint density at radius 1 is 1.38 bits per heavy atom. The van der Waals surface area contributed by atoms with Crippen LogP contribution in [-0.4, -0.2) is 18.3 Å². The van der Waals surface area contributed by atoms with E-state index in [0.717, 1.165) is 0 Å². The lowest BCUT2D eigenvalue weighted by molar-refractivity contribution is 0.0628. The molecule has 0 saturated carbocycles. The van der Waals surface area contributed by atoms with Crippen LogP contribution in [-0.2, 0) is 6.42 Å². The van der Waals surface area contributed by atoms with Gasteiger partial charge >= 0.3 is 0 Å². The van der Waals surface area contributed by atoms with Gasteiger partial charge in [-0.2, -0.15) is 0 Å². The van der Waals surface area contributed by atoms with E-state index in [2.05, 4.69) is 0 Å². The van der Waals surface area contributed by atoms with Crippen LogP contribution >= 0.6 is 0 Å². The van der Waals surface area contributed by atoms with Gasteiger partial charge in [0.1, 0.15) is 0 Å². The van der Waals surface area contributed by atoms with E-state index in [9.17, 15) is 9.50 Å². The van der Waals surface area contributed by atoms with Crippen LogP contribution in [0.15, 0.2) is 18.2 Å². The zero-order valence-electron chi connectivity index (χ0n) is 10.2. The number of rotatable bonds is 3. The first-order valence-electron chi connectivity index (χ1n) is 5.35. The smallest absolute Gasteiger partial charge is 0.168 e. The third kappa shape index (κ3) is 2.95. The molecule has 0 fully saturated rings. The largest absolute Gasteiger partial charge is 0.494 e. The molecule has 90 valence electrons. The normalized spacial score (nSPS) is 13.6. The van der Waals surface area contributed by atoms with Crippen LogP contribution in [0.2, 0.25) is 0 Å². The fraction of sp³-hybridized carbons (Fsp3) is 0.538. The summed E-state index contributed by atoms with van der Waals surface area (Å²) >= 11 is 0. The average molecular weight is 226 g/mol. The zero-order valence-corrected chi connectivity index (χ0v) is 10.2. The number of ether oxygens (including phenoxy) is 1. The minimum Gasteiger partial charge on any atom is -0.494 e. The van der Waals surface area contributed by atoms with Gasteiger partial charge in [-0.05, 0) is 17.0 Å². The van der Waals surface area contributed by atoms with E-state index in [4.69, 9.17) is 4.74 Å². The fourth-order valence-electron chi connectivity index (χ4n) is 1.39. The lowest BCUT2D eigenvalue weighted by Crippen LogP contribution is -2.28. The first-order valence-corrected chi connectivity index (χ1v) is 5.35. The quantitative estimate of drug-likeness (QED) is 0.858. The van der Waals surface area contributed by atoms with Crippen molar-refractivity contribution < 1.29 is 14.2 Å². The number of benzene rings is 1. The van der Waals surface area contributed by atoms with Crippen molar-refractivity contribution in [3.8, 4) is 5.75 Å². The molecule has 1 N–H and O–H groups in total. The second kappa shape index (κ2) is 4.83. The van der Waals surface area contributed by atoms with Crippen LogP contribution in [0.1, 0.15) is 26.3 Å². The van der Waals surface area contributed by atoms with Crippen LogP contribution in [0.3, 0.4) is 0 Å². The van der Waals surface area contributed by atoms with Crippen molar-refractivity contribution in [3.05, 3.63) is 29.6 Å². The second-order valence-electron chi connectivity index (χ2n) is 5.02. The molecule has 0 radical (unpaired) electrons. The molecule has 0 aliphatic carbocycles. The Hall–Kier alpha value is -1.09. The molecule has 0 amide bonds. The Kier molecular flexibility index (Phi) is 3.92. The van der Waals surface area contributed by atoms with Gasteiger partial charge in [-0.25, -0.2) is 4.39 Å². The summed E-state index contributed by atoms with van der Waals surface area (Å²) in [5.74, 6) is -0.160. The minimum atomic E-state index is -0.575. The number of methoxy groups -OCH3 is 1. The van der Waals surface area contributed by atoms with Crippen molar-refractivity contribution in [1.29, 1.82) is 0 Å². The van der Waals surface area contributed by atoms with Gasteiger partial charge in [-0.1, -0.05) is 32.9 Å². The van der Waals surface area contributed by atoms with Gasteiger partial charge in [-0.3, -0.25) is 0 Å². The molecule has 0 aliphatic rings. The number of aliphatic hydroxyl groups is 1. The molecule has 16 heavy (non-hydrogen) atoms. The van der Waals surface area contributed by atoms with Crippen LogP contribution in [0, 0.1) is 11.2 Å². The Balaban J connectivity index is 2.90. The lowest BCUT2D eigenvalue weighted by Gasteiger charge is -2.26. The van der Waals surface area contributed by atoms with E-state index >= 15 is 0 Å². The fourth-order valence-corrected chi connectivity index (χ4v) is 1.39. The minimum absolute atomic E-state index is 0.221. The second-order valence-corrected chi connectivity index (χ2v) is 5.02. The highest BCUT2D eigenvalue weighted by Gasteiger charge is 2.23. The molecule has 1 aromatic carbocycles. The lowest BCUT2D eigenvalue weighted by atomic mass is 9.85. The summed E-state index contributed by atoms with van der Waals surface area (Å²) in [4.78, 5) is 0. The molecule has 0 spiro atoms. The van der Waals surface area contributed by atoms with Crippen molar-refractivity contribution in [1.82, 2.24) is 0 Å². The molecule has 1 rings (SSSR count). The van der Waals surface area contributed by atoms with E-state index < -0.39 is 6.10 Å². The van der Waals surface area contributed by atoms with Crippen LogP contribution in [0.25, 0.3) is 0 Å². The topological polar surface area (TPSA) is 29.5 Å². The average Bonchev–Trinajstić information content (AvgIpc) is 2.19. The molecule has 2 nitrogen and oxygen atoms in total. The van der Waals surface area contributed by atoms with Crippen molar-refractivity contribution in [3.63, 3.8) is 0 Å². The predicted molar refractivity (Wildman–Crippen MR) is 62.1 cm³/mol. The zero-order chi connectivity index (χ0) is 12.3. The van der Waals surface area contributed by atoms with Gasteiger partial charge in [0.05, 0.1) is 13.2 Å². The molecule has 0 bridgehead atoms. The van der Waals surface area contributed by atoms with Gasteiger partial charge in [0.25, 0.3) is 0 Å². The Morgan fingerprint density at radius 3 is 2.50 bits per heavy atom. The van der Waals surface area contributed by atoms with E-state index in [1.54, 1.807) is 18.2 Å². The van der Waals surface area contributed by atoms with Crippen LogP contribution < -0.4 is 4.74 Å². The Labute approximate surface area is 96.1 Å². The maximum atomic E-state index is 13.8. The maximum absolute atomic E-state index is 13.8. The van der Waals surface area contributed by atoms with Crippen molar-refractivity contribution >= 4 is 0 Å². The van der Waals surface area contributed by atoms with E-state index in [1.807, 2.05) is 20.8 Å². The summed E-state index contributed by atoms with van der Waals surface area (Å²) in [6.45, 7) is 5.78. The van der Waals surface area contributed by atoms with Gasteiger partial charge in [0.15, 0.2) is 11.6 Å². The molecule has 1 atom stereocenters. The highest BCUT2D eigenvalue weighted by molar-refractivity contribution is 5.31. The standard InChI is InChI=1S/C13H19FO2/c1-13(2,3)11(15)8-9-6-5-7-10(16-4)12(9)14/h5-7,11,15H,8H2,1-4H3. The van der Waals surface area contributed by atoms with Gasteiger partial charge < -0.3 is 9.84 Å².